The van der Waals surface area contributed by atoms with E-state index in [4.69, 9.17) is 14.2 Å². The van der Waals surface area contributed by atoms with E-state index in [9.17, 15) is 9.18 Å². The Balaban J connectivity index is 3.13. The van der Waals surface area contributed by atoms with Gasteiger partial charge in [0.1, 0.15) is 6.17 Å². The third-order valence-electron chi connectivity index (χ3n) is 2.32. The van der Waals surface area contributed by atoms with Crippen molar-refractivity contribution in [2.45, 2.75) is 26.1 Å². The predicted molar refractivity (Wildman–Crippen MR) is 82.9 cm³/mol. The summed E-state index contributed by atoms with van der Waals surface area (Å²) < 4.78 is 28.8. The van der Waals surface area contributed by atoms with E-state index >= 15 is 0 Å². The second-order valence-electron chi connectivity index (χ2n) is 4.69. The van der Waals surface area contributed by atoms with Gasteiger partial charge in [-0.25, -0.2) is 4.39 Å². The van der Waals surface area contributed by atoms with Crippen molar-refractivity contribution in [1.82, 2.24) is 10.6 Å². The van der Waals surface area contributed by atoms with Crippen molar-refractivity contribution in [2.75, 3.05) is 52.7 Å². The number of halogens is 1. The zero-order valence-electron chi connectivity index (χ0n) is 12.8. The minimum absolute atomic E-state index is 0.0746. The number of nitrogens with one attached hydrogen (secondary N) is 2. The number of ether oxygens (including phenoxy) is 3. The maximum atomic E-state index is 13.1. The predicted octanol–water partition coefficient (Wildman–Crippen LogP) is 1.01. The van der Waals surface area contributed by atoms with Gasteiger partial charge in [0.05, 0.1) is 46.2 Å². The van der Waals surface area contributed by atoms with Crippen LogP contribution in [0.5, 0.6) is 0 Å². The van der Waals surface area contributed by atoms with Crippen molar-refractivity contribution in [3.05, 3.63) is 0 Å². The highest BCUT2D eigenvalue weighted by Crippen LogP contribution is 1.92. The highest BCUT2D eigenvalue weighted by molar-refractivity contribution is 7.96. The molecular weight excluding hydrogens is 299 g/mol. The molecule has 21 heavy (non-hydrogen) atoms. The smallest absolute Gasteiger partial charge is 0.276 e. The highest BCUT2D eigenvalue weighted by atomic mass is 32.1. The quantitative estimate of drug-likeness (QED) is 0.328. The molecule has 1 atom stereocenters. The molecule has 0 aliphatic carbocycles. The van der Waals surface area contributed by atoms with Crippen LogP contribution in [0.15, 0.2) is 0 Å². The van der Waals surface area contributed by atoms with Crippen LogP contribution in [0.2, 0.25) is 0 Å². The van der Waals surface area contributed by atoms with Gasteiger partial charge in [0.2, 0.25) is 0 Å². The maximum Gasteiger partial charge on any atom is 0.276 e. The first kappa shape index (κ1) is 20.6. The van der Waals surface area contributed by atoms with E-state index in [2.05, 4.69) is 37.1 Å². The number of hydrogen-bond donors (Lipinski definition) is 3. The van der Waals surface area contributed by atoms with Crippen LogP contribution in [0.3, 0.4) is 0 Å². The van der Waals surface area contributed by atoms with Crippen LogP contribution in [-0.4, -0.2) is 70.2 Å². The summed E-state index contributed by atoms with van der Waals surface area (Å²) in [5.74, 6) is 0. The fourth-order valence-corrected chi connectivity index (χ4v) is 1.42. The summed E-state index contributed by atoms with van der Waals surface area (Å²) in [7, 11) is 0. The van der Waals surface area contributed by atoms with Crippen molar-refractivity contribution >= 4 is 17.9 Å². The van der Waals surface area contributed by atoms with Gasteiger partial charge in [-0.1, -0.05) is 26.5 Å². The van der Waals surface area contributed by atoms with Crippen LogP contribution in [0.1, 0.15) is 13.8 Å². The number of rotatable bonds is 14. The molecule has 1 unspecified atom stereocenters. The van der Waals surface area contributed by atoms with E-state index in [0.717, 1.165) is 6.54 Å². The fourth-order valence-electron chi connectivity index (χ4n) is 1.33. The molecule has 0 aromatic heterocycles. The van der Waals surface area contributed by atoms with Crippen molar-refractivity contribution in [2.24, 2.45) is 0 Å². The largest absolute Gasteiger partial charge is 0.378 e. The summed E-state index contributed by atoms with van der Waals surface area (Å²) in [6.07, 6.45) is -1.24. The lowest BCUT2D eigenvalue weighted by atomic mass is 10.4. The third-order valence-corrected chi connectivity index (χ3v) is 2.47. The van der Waals surface area contributed by atoms with Crippen molar-refractivity contribution in [3.63, 3.8) is 0 Å². The molecular formula is C13H27FN2O4S. The summed E-state index contributed by atoms with van der Waals surface area (Å²) in [6.45, 7) is 7.17. The Bertz CT molecular complexity index is 260. The molecule has 0 aliphatic heterocycles. The SMILES string of the molecule is CC(C)NCCOCCOCCOCC(F)CNC(=O)S. The lowest BCUT2D eigenvalue weighted by molar-refractivity contribution is 0.00444. The Morgan fingerprint density at radius 2 is 1.67 bits per heavy atom. The monoisotopic (exact) mass is 326 g/mol. The molecule has 0 radical (unpaired) electrons. The van der Waals surface area contributed by atoms with Crippen LogP contribution < -0.4 is 10.6 Å². The Kier molecular flexibility index (Phi) is 14.2. The molecule has 0 saturated heterocycles. The van der Waals surface area contributed by atoms with Gasteiger partial charge in [-0.15, -0.1) is 0 Å². The first-order valence-electron chi connectivity index (χ1n) is 7.09. The minimum Gasteiger partial charge on any atom is -0.378 e. The Labute approximate surface area is 131 Å². The molecule has 0 rings (SSSR count). The first-order valence-corrected chi connectivity index (χ1v) is 7.54. The van der Waals surface area contributed by atoms with Crippen LogP contribution in [0.25, 0.3) is 0 Å². The second-order valence-corrected chi connectivity index (χ2v) is 5.10. The zero-order valence-corrected chi connectivity index (χ0v) is 13.7. The lowest BCUT2D eigenvalue weighted by Gasteiger charge is -2.10. The van der Waals surface area contributed by atoms with Crippen LogP contribution in [0, 0.1) is 0 Å². The van der Waals surface area contributed by atoms with E-state index in [-0.39, 0.29) is 13.2 Å². The summed E-state index contributed by atoms with van der Waals surface area (Å²) >= 11 is 3.47. The van der Waals surface area contributed by atoms with Gasteiger partial charge in [-0.2, -0.15) is 0 Å². The molecule has 2 N–H and O–H groups in total. The van der Waals surface area contributed by atoms with Crippen LogP contribution >= 0.6 is 12.6 Å². The molecule has 0 heterocycles. The Morgan fingerprint density at radius 3 is 2.24 bits per heavy atom. The van der Waals surface area contributed by atoms with E-state index in [0.29, 0.717) is 39.1 Å². The van der Waals surface area contributed by atoms with Crippen molar-refractivity contribution in [3.8, 4) is 0 Å². The van der Waals surface area contributed by atoms with E-state index in [1.807, 2.05) is 0 Å². The molecule has 0 fully saturated rings. The zero-order chi connectivity index (χ0) is 15.9. The molecule has 1 amide bonds. The number of amides is 1. The molecule has 126 valence electrons. The molecule has 0 aliphatic rings. The van der Waals surface area contributed by atoms with Gasteiger partial charge in [0.15, 0.2) is 0 Å². The molecule has 0 spiro atoms. The second kappa shape index (κ2) is 14.5. The number of alkyl halides is 1. The first-order chi connectivity index (χ1) is 10.0. The van der Waals surface area contributed by atoms with Gasteiger partial charge in [0.25, 0.3) is 5.24 Å². The van der Waals surface area contributed by atoms with Gasteiger partial charge in [-0.05, 0) is 0 Å². The van der Waals surface area contributed by atoms with E-state index in [1.54, 1.807) is 0 Å². The van der Waals surface area contributed by atoms with Gasteiger partial charge < -0.3 is 24.8 Å². The van der Waals surface area contributed by atoms with E-state index in [1.165, 1.54) is 0 Å². The Hall–Kier alpha value is -0.410. The molecule has 8 heteroatoms. The number of carbonyl (C=O) groups is 1. The molecule has 0 saturated carbocycles. The van der Waals surface area contributed by atoms with Gasteiger partial charge >= 0.3 is 0 Å². The number of hydrogen-bond acceptors (Lipinski definition) is 5. The van der Waals surface area contributed by atoms with Crippen molar-refractivity contribution in [1.29, 1.82) is 0 Å². The summed E-state index contributed by atoms with van der Waals surface area (Å²) in [6, 6.07) is 0.461. The lowest BCUT2D eigenvalue weighted by Crippen LogP contribution is -2.29. The van der Waals surface area contributed by atoms with Gasteiger partial charge in [0, 0.05) is 12.6 Å². The molecule has 0 aromatic rings. The van der Waals surface area contributed by atoms with Crippen LogP contribution in [-0.2, 0) is 14.2 Å². The Morgan fingerprint density at radius 1 is 1.10 bits per heavy atom. The minimum atomic E-state index is -1.24. The standard InChI is InChI=1S/C13H27FN2O4S/c1-11(2)15-3-4-18-5-6-19-7-8-20-10-12(14)9-16-13(17)21/h11-12,15H,3-10H2,1-2H3,(H2,16,17,21). The van der Waals surface area contributed by atoms with Crippen molar-refractivity contribution < 1.29 is 23.4 Å². The normalized spacial score (nSPS) is 12.6. The molecule has 0 aromatic carbocycles. The number of thiol groups is 1. The summed E-state index contributed by atoms with van der Waals surface area (Å²) in [5.41, 5.74) is 0. The number of carbonyl (C=O) groups excluding carboxylic acids is 1. The van der Waals surface area contributed by atoms with E-state index < -0.39 is 11.4 Å². The fraction of sp³-hybridized carbons (Fsp3) is 0.923. The average molecular weight is 326 g/mol. The molecule has 0 bridgehead atoms. The average Bonchev–Trinajstić information content (AvgIpc) is 2.42. The third kappa shape index (κ3) is 17.5. The highest BCUT2D eigenvalue weighted by Gasteiger charge is 2.06. The van der Waals surface area contributed by atoms with Crippen LogP contribution in [0.4, 0.5) is 9.18 Å². The molecule has 6 nitrogen and oxygen atoms in total. The van der Waals surface area contributed by atoms with Gasteiger partial charge in [-0.3, -0.25) is 4.79 Å². The summed E-state index contributed by atoms with van der Waals surface area (Å²) in [4.78, 5) is 10.4. The topological polar surface area (TPSA) is 68.8 Å². The summed E-state index contributed by atoms with van der Waals surface area (Å²) in [5, 5.41) is 4.94. The maximum absolute atomic E-state index is 13.1.